The normalized spacial score (nSPS) is 10.6. The Hall–Kier alpha value is -1.29. The topological polar surface area (TPSA) is 62.7 Å². The molecule has 106 valence electrons. The Morgan fingerprint density at radius 2 is 2.35 bits per heavy atom. The molecular weight excluding hydrogens is 394 g/mol. The molecule has 0 aliphatic rings. The predicted molar refractivity (Wildman–Crippen MR) is 83.5 cm³/mol. The van der Waals surface area contributed by atoms with Crippen LogP contribution < -0.4 is 5.32 Å². The molecule has 8 heteroatoms. The quantitative estimate of drug-likeness (QED) is 0.605. The molecule has 2 rings (SSSR count). The highest BCUT2D eigenvalue weighted by Gasteiger charge is 2.10. The van der Waals surface area contributed by atoms with Crippen LogP contribution in [0.2, 0.25) is 0 Å². The van der Waals surface area contributed by atoms with Crippen LogP contribution in [0, 0.1) is 14.2 Å². The Morgan fingerprint density at radius 3 is 2.95 bits per heavy atom. The molecule has 1 aromatic heterocycles. The number of carbonyl (C=O) groups is 1. The highest BCUT2D eigenvalue weighted by atomic mass is 127. The summed E-state index contributed by atoms with van der Waals surface area (Å²) >= 11 is 6.94. The van der Waals surface area contributed by atoms with Gasteiger partial charge in [0.25, 0.3) is 5.91 Å². The average Bonchev–Trinajstić information content (AvgIpc) is 2.70. The van der Waals surface area contributed by atoms with Gasteiger partial charge in [0.2, 0.25) is 0 Å². The number of amides is 1. The van der Waals surface area contributed by atoms with E-state index in [0.29, 0.717) is 26.9 Å². The standard InChI is InChI=1S/C12H12FIN4OS/c1-18-10(16-17-12(18)20)4-5-15-11(19)8-3-2-7(13)6-9(8)14/h2-3,6H,4-5H2,1H3,(H,15,19)(H,17,20). The molecule has 5 nitrogen and oxygen atoms in total. The summed E-state index contributed by atoms with van der Waals surface area (Å²) in [7, 11) is 1.81. The first kappa shape index (κ1) is 15.1. The van der Waals surface area contributed by atoms with Gasteiger partial charge in [-0.1, -0.05) is 0 Å². The Kier molecular flexibility index (Phi) is 4.86. The van der Waals surface area contributed by atoms with Crippen LogP contribution in [0.3, 0.4) is 0 Å². The summed E-state index contributed by atoms with van der Waals surface area (Å²) in [5.41, 5.74) is 0.461. The molecule has 2 aromatic rings. The third-order valence-corrected chi connectivity index (χ3v) is 4.04. The number of nitrogens with zero attached hydrogens (tertiary/aromatic N) is 2. The number of rotatable bonds is 4. The van der Waals surface area contributed by atoms with Crippen LogP contribution in [-0.4, -0.2) is 27.2 Å². The third-order valence-electron chi connectivity index (χ3n) is 2.78. The fourth-order valence-corrected chi connectivity index (χ4v) is 2.53. The lowest BCUT2D eigenvalue weighted by Crippen LogP contribution is -2.27. The van der Waals surface area contributed by atoms with E-state index in [1.165, 1.54) is 18.2 Å². The summed E-state index contributed by atoms with van der Waals surface area (Å²) in [6, 6.07) is 4.07. The minimum absolute atomic E-state index is 0.230. The molecule has 2 N–H and O–H groups in total. The van der Waals surface area contributed by atoms with Crippen molar-refractivity contribution in [3.05, 3.63) is 43.7 Å². The summed E-state index contributed by atoms with van der Waals surface area (Å²) in [4.78, 5) is 12.0. The van der Waals surface area contributed by atoms with Crippen LogP contribution >= 0.6 is 34.8 Å². The van der Waals surface area contributed by atoms with Crippen LogP contribution in [0.1, 0.15) is 16.2 Å². The molecule has 0 aliphatic heterocycles. The van der Waals surface area contributed by atoms with Gasteiger partial charge in [-0.2, -0.15) is 5.10 Å². The SMILES string of the molecule is Cn1c(CCNC(=O)c2ccc(F)cc2I)n[nH]c1=S. The fourth-order valence-electron chi connectivity index (χ4n) is 1.66. The second kappa shape index (κ2) is 6.44. The molecule has 0 bridgehead atoms. The lowest BCUT2D eigenvalue weighted by atomic mass is 10.2. The van der Waals surface area contributed by atoms with Gasteiger partial charge in [-0.25, -0.2) is 4.39 Å². The molecule has 0 atom stereocenters. The van der Waals surface area contributed by atoms with E-state index in [-0.39, 0.29) is 11.7 Å². The number of benzene rings is 1. The Labute approximate surface area is 133 Å². The Morgan fingerprint density at radius 1 is 1.60 bits per heavy atom. The summed E-state index contributed by atoms with van der Waals surface area (Å²) in [5.74, 6) is 0.183. The van der Waals surface area contributed by atoms with Gasteiger partial charge in [-0.05, 0) is 53.0 Å². The minimum Gasteiger partial charge on any atom is -0.352 e. The lowest BCUT2D eigenvalue weighted by Gasteiger charge is -2.06. The minimum atomic E-state index is -0.354. The molecule has 0 saturated carbocycles. The number of aromatic amines is 1. The number of hydrogen-bond donors (Lipinski definition) is 2. The number of halogens is 2. The van der Waals surface area contributed by atoms with Gasteiger partial charge in [0, 0.05) is 23.6 Å². The van der Waals surface area contributed by atoms with Crippen molar-refractivity contribution in [2.24, 2.45) is 7.05 Å². The molecule has 0 saturated heterocycles. The van der Waals surface area contributed by atoms with E-state index in [1.54, 1.807) is 4.57 Å². The van der Waals surface area contributed by atoms with Gasteiger partial charge in [-0.3, -0.25) is 9.89 Å². The lowest BCUT2D eigenvalue weighted by molar-refractivity contribution is 0.0953. The Balaban J connectivity index is 1.95. The average molecular weight is 406 g/mol. The van der Waals surface area contributed by atoms with Crippen molar-refractivity contribution >= 4 is 40.7 Å². The van der Waals surface area contributed by atoms with E-state index in [2.05, 4.69) is 15.5 Å². The third kappa shape index (κ3) is 3.42. The molecule has 1 heterocycles. The van der Waals surface area contributed by atoms with E-state index < -0.39 is 0 Å². The number of nitrogens with one attached hydrogen (secondary N) is 2. The van der Waals surface area contributed by atoms with Crippen LogP contribution in [-0.2, 0) is 13.5 Å². The fraction of sp³-hybridized carbons (Fsp3) is 0.250. The zero-order valence-corrected chi connectivity index (χ0v) is 13.6. The second-order valence-corrected chi connectivity index (χ2v) is 5.68. The van der Waals surface area contributed by atoms with Crippen molar-refractivity contribution in [1.29, 1.82) is 0 Å². The second-order valence-electron chi connectivity index (χ2n) is 4.13. The van der Waals surface area contributed by atoms with Crippen LogP contribution in [0.25, 0.3) is 0 Å². The maximum atomic E-state index is 13.0. The predicted octanol–water partition coefficient (Wildman–Crippen LogP) is 2.19. The van der Waals surface area contributed by atoms with Gasteiger partial charge >= 0.3 is 0 Å². The smallest absolute Gasteiger partial charge is 0.252 e. The number of aromatic nitrogens is 3. The molecule has 1 aromatic carbocycles. The van der Waals surface area contributed by atoms with Crippen LogP contribution in [0.5, 0.6) is 0 Å². The van der Waals surface area contributed by atoms with Crippen molar-refractivity contribution in [3.63, 3.8) is 0 Å². The zero-order valence-electron chi connectivity index (χ0n) is 10.6. The van der Waals surface area contributed by atoms with Gasteiger partial charge in [0.05, 0.1) is 5.56 Å². The maximum Gasteiger partial charge on any atom is 0.252 e. The van der Waals surface area contributed by atoms with Gasteiger partial charge in [0.15, 0.2) is 4.77 Å². The largest absolute Gasteiger partial charge is 0.352 e. The highest BCUT2D eigenvalue weighted by molar-refractivity contribution is 14.1. The number of carbonyl (C=O) groups excluding carboxylic acids is 1. The van der Waals surface area contributed by atoms with Crippen molar-refractivity contribution in [2.75, 3.05) is 6.54 Å². The highest BCUT2D eigenvalue weighted by Crippen LogP contribution is 2.13. The summed E-state index contributed by atoms with van der Waals surface area (Å²) < 4.78 is 15.8. The van der Waals surface area contributed by atoms with Crippen LogP contribution in [0.15, 0.2) is 18.2 Å². The van der Waals surface area contributed by atoms with Gasteiger partial charge in [0.1, 0.15) is 11.6 Å². The first-order valence-electron chi connectivity index (χ1n) is 5.82. The maximum absolute atomic E-state index is 13.0. The van der Waals surface area contributed by atoms with Gasteiger partial charge < -0.3 is 9.88 Å². The van der Waals surface area contributed by atoms with E-state index in [1.807, 2.05) is 29.6 Å². The van der Waals surface area contributed by atoms with Crippen molar-refractivity contribution < 1.29 is 9.18 Å². The summed E-state index contributed by atoms with van der Waals surface area (Å²) in [6.45, 7) is 0.430. The molecule has 20 heavy (non-hydrogen) atoms. The van der Waals surface area contributed by atoms with E-state index >= 15 is 0 Å². The summed E-state index contributed by atoms with van der Waals surface area (Å²) in [6.07, 6.45) is 0.563. The van der Waals surface area contributed by atoms with E-state index in [9.17, 15) is 9.18 Å². The molecular formula is C12H12FIN4OS. The molecule has 0 unspecified atom stereocenters. The molecule has 0 fully saturated rings. The van der Waals surface area contributed by atoms with Crippen molar-refractivity contribution in [2.45, 2.75) is 6.42 Å². The zero-order chi connectivity index (χ0) is 14.7. The molecule has 1 amide bonds. The summed E-state index contributed by atoms with van der Waals surface area (Å²) in [5, 5.41) is 9.52. The van der Waals surface area contributed by atoms with Gasteiger partial charge in [-0.15, -0.1) is 0 Å². The molecule has 0 aliphatic carbocycles. The first-order chi connectivity index (χ1) is 9.49. The van der Waals surface area contributed by atoms with Crippen LogP contribution in [0.4, 0.5) is 4.39 Å². The first-order valence-corrected chi connectivity index (χ1v) is 7.31. The number of H-pyrrole nitrogens is 1. The van der Waals surface area contributed by atoms with Crippen molar-refractivity contribution in [1.82, 2.24) is 20.1 Å². The Bertz CT molecular complexity index is 697. The number of hydrogen-bond acceptors (Lipinski definition) is 3. The van der Waals surface area contributed by atoms with Crippen molar-refractivity contribution in [3.8, 4) is 0 Å². The monoisotopic (exact) mass is 406 g/mol. The molecule has 0 radical (unpaired) electrons. The van der Waals surface area contributed by atoms with E-state index in [0.717, 1.165) is 5.82 Å². The van der Waals surface area contributed by atoms with E-state index in [4.69, 9.17) is 12.2 Å². The molecule has 0 spiro atoms.